The fourth-order valence-corrected chi connectivity index (χ4v) is 1.41. The van der Waals surface area contributed by atoms with Gasteiger partial charge in [0.25, 0.3) is 5.91 Å². The fourth-order valence-electron chi connectivity index (χ4n) is 1.28. The summed E-state index contributed by atoms with van der Waals surface area (Å²) in [5.41, 5.74) is 5.80. The summed E-state index contributed by atoms with van der Waals surface area (Å²) in [4.78, 5) is 36.2. The van der Waals surface area contributed by atoms with Gasteiger partial charge in [-0.25, -0.2) is 4.79 Å². The molecule has 0 saturated carbocycles. The number of ether oxygens (including phenoxy) is 1. The summed E-state index contributed by atoms with van der Waals surface area (Å²) in [7, 11) is 0. The van der Waals surface area contributed by atoms with E-state index in [0.717, 1.165) is 6.21 Å². The summed E-state index contributed by atoms with van der Waals surface area (Å²) in [5, 5.41) is 2.32. The van der Waals surface area contributed by atoms with E-state index in [0.29, 0.717) is 0 Å². The van der Waals surface area contributed by atoms with Gasteiger partial charge in [0.05, 0.1) is 10.3 Å². The van der Waals surface area contributed by atoms with Crippen LogP contribution >= 0.6 is 23.2 Å². The van der Waals surface area contributed by atoms with Crippen molar-refractivity contribution >= 4 is 47.1 Å². The molecular weight excluding hydrogens is 321 g/mol. The number of alkyl halides is 2. The van der Waals surface area contributed by atoms with Crippen LogP contribution in [-0.2, 0) is 19.1 Å². The molecule has 0 fully saturated rings. The molecule has 9 heteroatoms. The molecule has 1 atom stereocenters. The van der Waals surface area contributed by atoms with Crippen molar-refractivity contribution in [2.24, 2.45) is 0 Å². The first-order valence-electron chi connectivity index (χ1n) is 6.11. The third-order valence-electron chi connectivity index (χ3n) is 2.09. The van der Waals surface area contributed by atoms with Crippen LogP contribution in [0.25, 0.3) is 0 Å². The van der Waals surface area contributed by atoms with Gasteiger partial charge in [0.15, 0.2) is 4.84 Å². The average molecular weight is 339 g/mol. The van der Waals surface area contributed by atoms with Crippen molar-refractivity contribution in [3.8, 4) is 0 Å². The lowest BCUT2D eigenvalue weighted by atomic mass is 10.1. The van der Waals surface area contributed by atoms with Crippen LogP contribution in [0.3, 0.4) is 0 Å². The predicted octanol–water partition coefficient (Wildman–Crippen LogP) is 1.28. The Labute approximate surface area is 132 Å². The minimum absolute atomic E-state index is 0.00793. The molecule has 118 valence electrons. The number of amides is 1. The fraction of sp³-hybridized carbons (Fsp3) is 0.667. The molecule has 1 amide bonds. The molecule has 21 heavy (non-hydrogen) atoms. The highest BCUT2D eigenvalue weighted by molar-refractivity contribution is 6.53. The Hall–Kier alpha value is -1.43. The van der Waals surface area contributed by atoms with Crippen LogP contribution in [0.15, 0.2) is 0 Å². The molecule has 7 nitrogen and oxygen atoms in total. The normalized spacial score (nSPS) is 12.3. The molecule has 0 aliphatic heterocycles. The molecule has 0 radical (unpaired) electrons. The number of ketones is 1. The number of Topliss-reactive ketones (excluding diaryl/α,β-unsaturated/α-hetero) is 1. The summed E-state index contributed by atoms with van der Waals surface area (Å²) in [6.45, 7) is 5.02. The Bertz CT molecular complexity index is 454. The Morgan fingerprint density at radius 3 is 2.33 bits per heavy atom. The maximum atomic E-state index is 12.0. The van der Waals surface area contributed by atoms with E-state index in [1.54, 1.807) is 20.8 Å². The van der Waals surface area contributed by atoms with Crippen molar-refractivity contribution < 1.29 is 23.9 Å². The van der Waals surface area contributed by atoms with Gasteiger partial charge in [0.1, 0.15) is 11.6 Å². The summed E-state index contributed by atoms with van der Waals surface area (Å²) >= 11 is 10.8. The summed E-state index contributed by atoms with van der Waals surface area (Å²) in [5.74, 6) is -1.89. The zero-order chi connectivity index (χ0) is 16.6. The number of hydrogen-bond donors (Lipinski definition) is 2. The summed E-state index contributed by atoms with van der Waals surface area (Å²) in [6, 6.07) is -1.06. The SMILES string of the molecule is CC(C)(C)OC(=O)[C@H](CCC(=O)C=[N+]=N)NC(=O)C(Cl)Cl. The molecule has 0 unspecified atom stereocenters. The zero-order valence-corrected chi connectivity index (χ0v) is 13.5. The molecule has 2 N–H and O–H groups in total. The van der Waals surface area contributed by atoms with Crippen molar-refractivity contribution in [3.05, 3.63) is 0 Å². The van der Waals surface area contributed by atoms with Gasteiger partial charge in [-0.15, -0.1) is 0 Å². The van der Waals surface area contributed by atoms with Crippen molar-refractivity contribution in [1.82, 2.24) is 5.32 Å². The number of esters is 1. The van der Waals surface area contributed by atoms with Crippen LogP contribution in [0.5, 0.6) is 0 Å². The van der Waals surface area contributed by atoms with Crippen LogP contribution in [0.1, 0.15) is 33.6 Å². The van der Waals surface area contributed by atoms with Crippen molar-refractivity contribution in [2.45, 2.75) is 50.1 Å². The monoisotopic (exact) mass is 338 g/mol. The molecule has 0 spiro atoms. The van der Waals surface area contributed by atoms with Gasteiger partial charge in [-0.3, -0.25) is 9.59 Å². The Kier molecular flexibility index (Phi) is 8.17. The molecule has 0 bridgehead atoms. The lowest BCUT2D eigenvalue weighted by Gasteiger charge is -2.24. The molecule has 0 rings (SSSR count). The molecule has 0 saturated heterocycles. The summed E-state index contributed by atoms with van der Waals surface area (Å²) in [6.07, 6.45) is 0.730. The predicted molar refractivity (Wildman–Crippen MR) is 76.6 cm³/mol. The Morgan fingerprint density at radius 1 is 1.33 bits per heavy atom. The van der Waals surface area contributed by atoms with Gasteiger partial charge in [-0.05, 0) is 27.2 Å². The third-order valence-corrected chi connectivity index (χ3v) is 2.49. The van der Waals surface area contributed by atoms with Gasteiger partial charge in [-0.2, -0.15) is 0 Å². The first-order valence-corrected chi connectivity index (χ1v) is 6.98. The van der Waals surface area contributed by atoms with E-state index in [4.69, 9.17) is 33.5 Å². The number of carbonyl (C=O) groups is 3. The first kappa shape index (κ1) is 19.6. The van der Waals surface area contributed by atoms with E-state index >= 15 is 0 Å². The van der Waals surface area contributed by atoms with E-state index in [9.17, 15) is 14.4 Å². The van der Waals surface area contributed by atoms with Crippen LogP contribution < -0.4 is 5.32 Å². The number of carbonyl (C=O) groups excluding carboxylic acids is 3. The second kappa shape index (κ2) is 8.77. The number of hydrogen-bond acceptors (Lipinski definition) is 5. The highest BCUT2D eigenvalue weighted by Gasteiger charge is 2.28. The summed E-state index contributed by atoms with van der Waals surface area (Å²) < 4.78 is 5.15. The molecule has 0 aromatic heterocycles. The molecule has 0 aliphatic carbocycles. The van der Waals surface area contributed by atoms with Gasteiger partial charge >= 0.3 is 12.2 Å². The molecule has 0 heterocycles. The van der Waals surface area contributed by atoms with Gasteiger partial charge in [0, 0.05) is 6.42 Å². The van der Waals surface area contributed by atoms with Crippen molar-refractivity contribution in [1.29, 1.82) is 5.53 Å². The minimum Gasteiger partial charge on any atom is -0.458 e. The Balaban J connectivity index is 4.83. The minimum atomic E-state index is -1.33. The van der Waals surface area contributed by atoms with Crippen LogP contribution in [0.2, 0.25) is 0 Å². The zero-order valence-electron chi connectivity index (χ0n) is 12.0. The van der Waals surface area contributed by atoms with Gasteiger partial charge < -0.3 is 10.1 Å². The maximum absolute atomic E-state index is 12.0. The van der Waals surface area contributed by atoms with Crippen LogP contribution in [0, 0.1) is 5.53 Å². The van der Waals surface area contributed by atoms with E-state index < -0.39 is 34.1 Å². The second-order valence-corrected chi connectivity index (χ2v) is 6.25. The number of nitrogens with zero attached hydrogens (tertiary/aromatic N) is 1. The van der Waals surface area contributed by atoms with Crippen molar-refractivity contribution in [2.75, 3.05) is 0 Å². The molecule has 0 aromatic rings. The molecule has 0 aromatic carbocycles. The number of rotatable bonds is 7. The standard InChI is InChI=1S/C12H17Cl2N3O4/c1-12(2,3)21-11(20)8(17-10(19)9(13)14)5-4-7(18)6-16-15/h6,8-9,15H,4-5H2,1-3H3/p+1/t8-/m0/s1. The van der Waals surface area contributed by atoms with E-state index in [2.05, 4.69) is 10.1 Å². The average Bonchev–Trinajstić information content (AvgIpc) is 2.31. The number of nitrogens with one attached hydrogen (secondary N) is 2. The quantitative estimate of drug-likeness (QED) is 0.239. The lowest BCUT2D eigenvalue weighted by Crippen LogP contribution is -2.46. The highest BCUT2D eigenvalue weighted by Crippen LogP contribution is 2.12. The van der Waals surface area contributed by atoms with E-state index in [1.807, 2.05) is 0 Å². The van der Waals surface area contributed by atoms with E-state index in [-0.39, 0.29) is 12.8 Å². The number of halogens is 2. The lowest BCUT2D eigenvalue weighted by molar-refractivity contribution is -0.158. The highest BCUT2D eigenvalue weighted by atomic mass is 35.5. The smallest absolute Gasteiger partial charge is 0.372 e. The van der Waals surface area contributed by atoms with E-state index in [1.165, 1.54) is 0 Å². The molecular formula is C12H18Cl2N3O4+. The first-order chi connectivity index (χ1) is 9.56. The van der Waals surface area contributed by atoms with Crippen LogP contribution in [0.4, 0.5) is 0 Å². The van der Waals surface area contributed by atoms with Gasteiger partial charge in [-0.1, -0.05) is 23.2 Å². The van der Waals surface area contributed by atoms with Crippen LogP contribution in [-0.4, -0.2) is 45.1 Å². The molecule has 0 aliphatic rings. The largest absolute Gasteiger partial charge is 0.458 e. The van der Waals surface area contributed by atoms with Crippen molar-refractivity contribution in [3.63, 3.8) is 0 Å². The second-order valence-electron chi connectivity index (χ2n) is 5.16. The Morgan fingerprint density at radius 2 is 1.90 bits per heavy atom. The van der Waals surface area contributed by atoms with Gasteiger partial charge in [0.2, 0.25) is 5.78 Å². The third kappa shape index (κ3) is 9.18. The maximum Gasteiger partial charge on any atom is 0.372 e. The topological polar surface area (TPSA) is 110 Å².